The van der Waals surface area contributed by atoms with Gasteiger partial charge in [0.2, 0.25) is 12.7 Å². The SMILES string of the molecule is CCN(CC)C(=O)C1C=C2c3c4c(cc5[nH]cc(c35)CC2N(C)C1)OCO4. The predicted octanol–water partition coefficient (Wildman–Crippen LogP) is 2.63. The molecule has 0 bridgehead atoms. The van der Waals surface area contributed by atoms with Crippen molar-refractivity contribution in [2.24, 2.45) is 5.92 Å². The number of nitrogens with one attached hydrogen (secondary N) is 1. The highest BCUT2D eigenvalue weighted by atomic mass is 16.7. The lowest BCUT2D eigenvalue weighted by Gasteiger charge is -2.40. The number of aromatic nitrogens is 1. The highest BCUT2D eigenvalue weighted by molar-refractivity contribution is 6.03. The van der Waals surface area contributed by atoms with Crippen molar-refractivity contribution in [3.8, 4) is 11.5 Å². The third kappa shape index (κ3) is 2.32. The van der Waals surface area contributed by atoms with Crippen LogP contribution in [-0.4, -0.2) is 60.2 Å². The van der Waals surface area contributed by atoms with Crippen molar-refractivity contribution < 1.29 is 14.3 Å². The largest absolute Gasteiger partial charge is 0.453 e. The molecule has 142 valence electrons. The first kappa shape index (κ1) is 16.7. The summed E-state index contributed by atoms with van der Waals surface area (Å²) in [5, 5.41) is 1.21. The Morgan fingerprint density at radius 1 is 1.33 bits per heavy atom. The quantitative estimate of drug-likeness (QED) is 0.906. The number of ether oxygens (including phenoxy) is 2. The van der Waals surface area contributed by atoms with Gasteiger partial charge >= 0.3 is 0 Å². The van der Waals surface area contributed by atoms with Gasteiger partial charge in [0, 0.05) is 48.9 Å². The van der Waals surface area contributed by atoms with Gasteiger partial charge in [-0.2, -0.15) is 0 Å². The highest BCUT2D eigenvalue weighted by Gasteiger charge is 2.39. The summed E-state index contributed by atoms with van der Waals surface area (Å²) >= 11 is 0. The van der Waals surface area contributed by atoms with Crippen LogP contribution in [0.4, 0.5) is 0 Å². The number of fused-ring (bicyclic) bond motifs is 4. The zero-order valence-corrected chi connectivity index (χ0v) is 16.0. The molecule has 1 N–H and O–H groups in total. The van der Waals surface area contributed by atoms with Crippen molar-refractivity contribution in [3.05, 3.63) is 29.5 Å². The number of carbonyl (C=O) groups excluding carboxylic acids is 1. The molecule has 3 heterocycles. The van der Waals surface area contributed by atoms with E-state index in [0.29, 0.717) is 0 Å². The average molecular weight is 367 g/mol. The van der Waals surface area contributed by atoms with Gasteiger partial charge in [-0.05, 0) is 38.5 Å². The second kappa shape index (κ2) is 6.02. The summed E-state index contributed by atoms with van der Waals surface area (Å²) < 4.78 is 11.5. The molecule has 1 amide bonds. The molecule has 0 saturated carbocycles. The van der Waals surface area contributed by atoms with E-state index < -0.39 is 0 Å². The third-order valence-electron chi connectivity index (χ3n) is 6.24. The van der Waals surface area contributed by atoms with Gasteiger partial charge < -0.3 is 19.4 Å². The number of rotatable bonds is 3. The first-order chi connectivity index (χ1) is 13.1. The number of benzene rings is 1. The van der Waals surface area contributed by atoms with Crippen LogP contribution in [0, 0.1) is 5.92 Å². The lowest BCUT2D eigenvalue weighted by Crippen LogP contribution is -2.47. The minimum atomic E-state index is -0.130. The molecule has 1 aliphatic carbocycles. The summed E-state index contributed by atoms with van der Waals surface area (Å²) in [5.74, 6) is 1.68. The van der Waals surface area contributed by atoms with Crippen LogP contribution in [0.25, 0.3) is 16.5 Å². The molecule has 1 aromatic heterocycles. The maximum atomic E-state index is 13.0. The predicted molar refractivity (Wildman–Crippen MR) is 104 cm³/mol. The Hall–Kier alpha value is -2.47. The molecule has 5 rings (SSSR count). The molecule has 2 unspecified atom stereocenters. The highest BCUT2D eigenvalue weighted by Crippen LogP contribution is 2.50. The number of aromatic amines is 1. The van der Waals surface area contributed by atoms with E-state index in [4.69, 9.17) is 9.47 Å². The van der Waals surface area contributed by atoms with E-state index in [0.717, 1.165) is 48.6 Å². The first-order valence-electron chi connectivity index (χ1n) is 9.76. The van der Waals surface area contributed by atoms with Gasteiger partial charge in [-0.3, -0.25) is 9.69 Å². The zero-order chi connectivity index (χ0) is 18.7. The van der Waals surface area contributed by atoms with E-state index in [1.165, 1.54) is 16.5 Å². The summed E-state index contributed by atoms with van der Waals surface area (Å²) in [6.45, 7) is 6.56. The maximum absolute atomic E-state index is 13.0. The molecule has 0 fully saturated rings. The molecule has 2 atom stereocenters. The summed E-state index contributed by atoms with van der Waals surface area (Å²) in [6, 6.07) is 2.28. The zero-order valence-electron chi connectivity index (χ0n) is 16.0. The van der Waals surface area contributed by atoms with Crippen LogP contribution < -0.4 is 9.47 Å². The van der Waals surface area contributed by atoms with Crippen molar-refractivity contribution in [1.29, 1.82) is 0 Å². The Labute approximate surface area is 158 Å². The molecule has 6 heteroatoms. The fourth-order valence-corrected chi connectivity index (χ4v) is 4.86. The topological polar surface area (TPSA) is 57.8 Å². The molecule has 0 radical (unpaired) electrons. The fourth-order valence-electron chi connectivity index (χ4n) is 4.86. The van der Waals surface area contributed by atoms with Gasteiger partial charge in [-0.15, -0.1) is 0 Å². The smallest absolute Gasteiger partial charge is 0.231 e. The second-order valence-electron chi connectivity index (χ2n) is 7.62. The number of hydrogen-bond donors (Lipinski definition) is 1. The van der Waals surface area contributed by atoms with Gasteiger partial charge in [0.25, 0.3) is 0 Å². The second-order valence-corrected chi connectivity index (χ2v) is 7.62. The van der Waals surface area contributed by atoms with Gasteiger partial charge in [-0.1, -0.05) is 6.08 Å². The Balaban J connectivity index is 1.68. The summed E-state index contributed by atoms with van der Waals surface area (Å²) in [7, 11) is 2.12. The lowest BCUT2D eigenvalue weighted by molar-refractivity contribution is -0.134. The monoisotopic (exact) mass is 367 g/mol. The van der Waals surface area contributed by atoms with Crippen molar-refractivity contribution in [1.82, 2.24) is 14.8 Å². The molecule has 1 aromatic carbocycles. The van der Waals surface area contributed by atoms with Crippen molar-refractivity contribution in [2.45, 2.75) is 26.3 Å². The molecule has 2 aliphatic heterocycles. The van der Waals surface area contributed by atoms with Crippen LogP contribution >= 0.6 is 0 Å². The Morgan fingerprint density at radius 3 is 2.93 bits per heavy atom. The van der Waals surface area contributed by atoms with E-state index in [-0.39, 0.29) is 24.7 Å². The Bertz CT molecular complexity index is 957. The van der Waals surface area contributed by atoms with Gasteiger partial charge in [0.05, 0.1) is 11.4 Å². The Kier molecular flexibility index (Phi) is 3.72. The maximum Gasteiger partial charge on any atom is 0.231 e. The van der Waals surface area contributed by atoms with Crippen molar-refractivity contribution in [3.63, 3.8) is 0 Å². The van der Waals surface area contributed by atoms with Crippen LogP contribution in [0.15, 0.2) is 18.3 Å². The molecule has 6 nitrogen and oxygen atoms in total. The molecule has 3 aliphatic rings. The standard InChI is InChI=1S/C21H25N3O3/c1-4-24(5-2)21(25)13-6-14-16(23(3)10-13)7-12-9-22-15-8-17-20(27-11-26-17)19(14)18(12)15/h6,8-9,13,16,22H,4-5,7,10-11H2,1-3H3. The number of carbonyl (C=O) groups is 1. The summed E-state index contributed by atoms with van der Waals surface area (Å²) in [5.41, 5.74) is 4.69. The van der Waals surface area contributed by atoms with Crippen molar-refractivity contribution >= 4 is 22.4 Å². The van der Waals surface area contributed by atoms with Gasteiger partial charge in [0.15, 0.2) is 11.5 Å². The van der Waals surface area contributed by atoms with Gasteiger partial charge in [-0.25, -0.2) is 0 Å². The minimum absolute atomic E-state index is 0.130. The summed E-state index contributed by atoms with van der Waals surface area (Å²) in [4.78, 5) is 20.7. The molecular weight excluding hydrogens is 342 g/mol. The number of nitrogens with zero attached hydrogens (tertiary/aromatic N) is 2. The average Bonchev–Trinajstić information content (AvgIpc) is 3.30. The van der Waals surface area contributed by atoms with E-state index in [2.05, 4.69) is 29.2 Å². The van der Waals surface area contributed by atoms with Crippen LogP contribution in [-0.2, 0) is 11.2 Å². The van der Waals surface area contributed by atoms with Gasteiger partial charge in [0.1, 0.15) is 0 Å². The van der Waals surface area contributed by atoms with Crippen LogP contribution in [0.2, 0.25) is 0 Å². The van der Waals surface area contributed by atoms with Crippen LogP contribution in [0.1, 0.15) is 25.0 Å². The van der Waals surface area contributed by atoms with E-state index >= 15 is 0 Å². The molecule has 27 heavy (non-hydrogen) atoms. The fraction of sp³-hybridized carbons (Fsp3) is 0.476. The molecule has 0 spiro atoms. The molecular formula is C21H25N3O3. The van der Waals surface area contributed by atoms with Crippen molar-refractivity contribution in [2.75, 3.05) is 33.5 Å². The lowest BCUT2D eigenvalue weighted by atomic mass is 9.79. The minimum Gasteiger partial charge on any atom is -0.453 e. The number of likely N-dealkylation sites (N-methyl/N-ethyl adjacent to an activating group) is 1. The van der Waals surface area contributed by atoms with Crippen LogP contribution in [0.3, 0.4) is 0 Å². The van der Waals surface area contributed by atoms with E-state index in [1.54, 1.807) is 0 Å². The van der Waals surface area contributed by atoms with E-state index in [9.17, 15) is 4.79 Å². The number of amides is 1. The number of hydrogen-bond acceptors (Lipinski definition) is 4. The third-order valence-corrected chi connectivity index (χ3v) is 6.24. The normalized spacial score (nSPS) is 23.3. The molecule has 2 aromatic rings. The van der Waals surface area contributed by atoms with Crippen LogP contribution in [0.5, 0.6) is 11.5 Å². The first-order valence-corrected chi connectivity index (χ1v) is 9.76. The molecule has 0 saturated heterocycles. The Morgan fingerprint density at radius 2 is 2.15 bits per heavy atom. The number of H-pyrrole nitrogens is 1. The van der Waals surface area contributed by atoms with E-state index in [1.807, 2.05) is 24.8 Å². The summed E-state index contributed by atoms with van der Waals surface area (Å²) in [6.07, 6.45) is 5.24.